The van der Waals surface area contributed by atoms with Crippen LogP contribution in [-0.4, -0.2) is 26.8 Å². The topological polar surface area (TPSA) is 21.3 Å². The normalized spacial score (nSPS) is 13.0. The fraction of sp³-hybridized carbons (Fsp3) is 0.571. The molecular weight excluding hydrogens is 269 g/mol. The molecule has 1 aromatic rings. The van der Waals surface area contributed by atoms with Gasteiger partial charge in [0.2, 0.25) is 0 Å². The zero-order valence-electron chi connectivity index (χ0n) is 11.2. The van der Waals surface area contributed by atoms with E-state index in [1.165, 1.54) is 0 Å². The Morgan fingerprint density at radius 3 is 2.56 bits per heavy atom. The minimum atomic E-state index is 0.381. The van der Waals surface area contributed by atoms with E-state index in [4.69, 9.17) is 27.9 Å². The van der Waals surface area contributed by atoms with Gasteiger partial charge in [-0.1, -0.05) is 43.1 Å². The zero-order valence-corrected chi connectivity index (χ0v) is 12.7. The van der Waals surface area contributed by atoms with Gasteiger partial charge in [-0.05, 0) is 23.6 Å². The average molecular weight is 290 g/mol. The second-order valence-electron chi connectivity index (χ2n) is 4.71. The zero-order chi connectivity index (χ0) is 13.5. The molecule has 0 amide bonds. The van der Waals surface area contributed by atoms with Gasteiger partial charge < -0.3 is 10.1 Å². The van der Waals surface area contributed by atoms with E-state index in [2.05, 4.69) is 19.2 Å². The maximum atomic E-state index is 6.27. The van der Waals surface area contributed by atoms with Crippen molar-refractivity contribution in [3.05, 3.63) is 33.8 Å². The van der Waals surface area contributed by atoms with Gasteiger partial charge in [-0.2, -0.15) is 0 Å². The van der Waals surface area contributed by atoms with E-state index in [1.54, 1.807) is 7.11 Å². The Morgan fingerprint density at radius 2 is 2.00 bits per heavy atom. The second-order valence-corrected chi connectivity index (χ2v) is 5.56. The minimum absolute atomic E-state index is 0.381. The van der Waals surface area contributed by atoms with Crippen molar-refractivity contribution < 1.29 is 4.74 Å². The van der Waals surface area contributed by atoms with Crippen LogP contribution in [-0.2, 0) is 4.74 Å². The van der Waals surface area contributed by atoms with Gasteiger partial charge in [0.1, 0.15) is 0 Å². The molecule has 4 heteroatoms. The number of benzene rings is 1. The highest BCUT2D eigenvalue weighted by Gasteiger charge is 2.18. The lowest BCUT2D eigenvalue weighted by Crippen LogP contribution is -2.27. The number of ether oxygens (including phenoxy) is 1. The Labute approximate surface area is 120 Å². The van der Waals surface area contributed by atoms with E-state index in [0.717, 1.165) is 30.3 Å². The van der Waals surface area contributed by atoms with Gasteiger partial charge in [-0.15, -0.1) is 0 Å². The van der Waals surface area contributed by atoms with Crippen molar-refractivity contribution in [3.8, 4) is 0 Å². The number of halogens is 2. The summed E-state index contributed by atoms with van der Waals surface area (Å²) in [6.45, 7) is 6.87. The molecule has 102 valence electrons. The summed E-state index contributed by atoms with van der Waals surface area (Å²) < 4.78 is 5.02. The van der Waals surface area contributed by atoms with Crippen LogP contribution in [0.1, 0.15) is 25.3 Å². The lowest BCUT2D eigenvalue weighted by molar-refractivity contribution is 0.198. The highest BCUT2D eigenvalue weighted by atomic mass is 35.5. The fourth-order valence-corrected chi connectivity index (χ4v) is 2.49. The van der Waals surface area contributed by atoms with Crippen LogP contribution in [0, 0.1) is 5.92 Å². The molecule has 18 heavy (non-hydrogen) atoms. The van der Waals surface area contributed by atoms with Crippen LogP contribution in [0.3, 0.4) is 0 Å². The summed E-state index contributed by atoms with van der Waals surface area (Å²) in [5.74, 6) is 0.894. The standard InChI is InChI=1S/C14H21Cl2NO/c1-10(2)13(9-17-6-7-18-3)12-5-4-11(15)8-14(12)16/h4-5,8,10,13,17H,6-7,9H2,1-3H3. The minimum Gasteiger partial charge on any atom is -0.383 e. The van der Waals surface area contributed by atoms with Crippen molar-refractivity contribution in [2.45, 2.75) is 19.8 Å². The molecule has 2 nitrogen and oxygen atoms in total. The molecule has 1 aromatic carbocycles. The van der Waals surface area contributed by atoms with Gasteiger partial charge in [0.15, 0.2) is 0 Å². The SMILES string of the molecule is COCCNCC(c1ccc(Cl)cc1Cl)C(C)C. The van der Waals surface area contributed by atoms with Gasteiger partial charge in [0.25, 0.3) is 0 Å². The highest BCUT2D eigenvalue weighted by molar-refractivity contribution is 6.35. The summed E-state index contributed by atoms with van der Waals surface area (Å²) in [5.41, 5.74) is 1.15. The summed E-state index contributed by atoms with van der Waals surface area (Å²) in [6, 6.07) is 5.73. The molecule has 0 bridgehead atoms. The Hall–Kier alpha value is -0.280. The Morgan fingerprint density at radius 1 is 1.28 bits per heavy atom. The van der Waals surface area contributed by atoms with Gasteiger partial charge in [-0.3, -0.25) is 0 Å². The van der Waals surface area contributed by atoms with E-state index in [0.29, 0.717) is 16.9 Å². The van der Waals surface area contributed by atoms with Crippen LogP contribution < -0.4 is 5.32 Å². The molecule has 0 saturated carbocycles. The van der Waals surface area contributed by atoms with Crippen LogP contribution >= 0.6 is 23.2 Å². The van der Waals surface area contributed by atoms with Gasteiger partial charge >= 0.3 is 0 Å². The monoisotopic (exact) mass is 289 g/mol. The molecule has 1 rings (SSSR count). The largest absolute Gasteiger partial charge is 0.383 e. The van der Waals surface area contributed by atoms with Gasteiger partial charge in [-0.25, -0.2) is 0 Å². The average Bonchev–Trinajstić information content (AvgIpc) is 2.30. The van der Waals surface area contributed by atoms with Crippen LogP contribution in [0.2, 0.25) is 10.0 Å². The third-order valence-electron chi connectivity index (χ3n) is 3.01. The third-order valence-corrected chi connectivity index (χ3v) is 3.58. The van der Waals surface area contributed by atoms with Crippen LogP contribution in [0.15, 0.2) is 18.2 Å². The molecule has 1 unspecified atom stereocenters. The molecule has 0 saturated heterocycles. The number of rotatable bonds is 7. The van der Waals surface area contributed by atoms with Crippen molar-refractivity contribution >= 4 is 23.2 Å². The Balaban J connectivity index is 2.71. The van der Waals surface area contributed by atoms with E-state index in [1.807, 2.05) is 18.2 Å². The third kappa shape index (κ3) is 4.77. The quantitative estimate of drug-likeness (QED) is 0.767. The van der Waals surface area contributed by atoms with Crippen molar-refractivity contribution in [2.75, 3.05) is 26.8 Å². The molecule has 0 aliphatic carbocycles. The van der Waals surface area contributed by atoms with Crippen LogP contribution in [0.4, 0.5) is 0 Å². The van der Waals surface area contributed by atoms with Crippen molar-refractivity contribution in [1.29, 1.82) is 0 Å². The maximum Gasteiger partial charge on any atom is 0.0587 e. The molecule has 0 radical (unpaired) electrons. The maximum absolute atomic E-state index is 6.27. The lowest BCUT2D eigenvalue weighted by atomic mass is 9.88. The van der Waals surface area contributed by atoms with Gasteiger partial charge in [0, 0.05) is 36.2 Å². The smallest absolute Gasteiger partial charge is 0.0587 e. The fourth-order valence-electron chi connectivity index (χ4n) is 1.94. The predicted octanol–water partition coefficient (Wildman–Crippen LogP) is 3.97. The van der Waals surface area contributed by atoms with Crippen LogP contribution in [0.25, 0.3) is 0 Å². The Bertz CT molecular complexity index is 369. The molecule has 0 fully saturated rings. The summed E-state index contributed by atoms with van der Waals surface area (Å²) in [5, 5.41) is 4.82. The van der Waals surface area contributed by atoms with E-state index >= 15 is 0 Å². The van der Waals surface area contributed by atoms with Crippen molar-refractivity contribution in [1.82, 2.24) is 5.32 Å². The van der Waals surface area contributed by atoms with E-state index < -0.39 is 0 Å². The molecule has 0 spiro atoms. The van der Waals surface area contributed by atoms with Crippen LogP contribution in [0.5, 0.6) is 0 Å². The molecule has 0 aliphatic heterocycles. The second kappa shape index (κ2) is 8.00. The lowest BCUT2D eigenvalue weighted by Gasteiger charge is -2.23. The van der Waals surface area contributed by atoms with E-state index in [9.17, 15) is 0 Å². The predicted molar refractivity (Wildman–Crippen MR) is 78.8 cm³/mol. The summed E-state index contributed by atoms with van der Waals surface area (Å²) in [7, 11) is 1.71. The number of nitrogens with one attached hydrogen (secondary N) is 1. The molecule has 1 atom stereocenters. The Kier molecular flexibility index (Phi) is 7.02. The number of hydrogen-bond donors (Lipinski definition) is 1. The summed E-state index contributed by atoms with van der Waals surface area (Å²) in [6.07, 6.45) is 0. The first-order chi connectivity index (χ1) is 8.56. The van der Waals surface area contributed by atoms with Crippen molar-refractivity contribution in [2.24, 2.45) is 5.92 Å². The summed E-state index contributed by atoms with van der Waals surface area (Å²) in [4.78, 5) is 0. The van der Waals surface area contributed by atoms with Gasteiger partial charge in [0.05, 0.1) is 6.61 Å². The number of hydrogen-bond acceptors (Lipinski definition) is 2. The first-order valence-corrected chi connectivity index (χ1v) is 6.96. The molecular formula is C14H21Cl2NO. The van der Waals surface area contributed by atoms with E-state index in [-0.39, 0.29) is 0 Å². The first-order valence-electron chi connectivity index (χ1n) is 6.20. The van der Waals surface area contributed by atoms with Crippen molar-refractivity contribution in [3.63, 3.8) is 0 Å². The summed E-state index contributed by atoms with van der Waals surface area (Å²) >= 11 is 12.2. The highest BCUT2D eigenvalue weighted by Crippen LogP contribution is 2.31. The molecule has 1 N–H and O–H groups in total. The first kappa shape index (κ1) is 15.8. The molecule has 0 heterocycles. The molecule has 0 aliphatic rings. The number of methoxy groups -OCH3 is 1. The molecule has 0 aromatic heterocycles.